The lowest BCUT2D eigenvalue weighted by molar-refractivity contribution is -0.137. The molecule has 1 aliphatic carbocycles. The zero-order chi connectivity index (χ0) is 27.0. The molecule has 0 unspecified atom stereocenters. The Morgan fingerprint density at radius 2 is 1.82 bits per heavy atom. The summed E-state index contributed by atoms with van der Waals surface area (Å²) in [5.74, 6) is 0.170. The first-order chi connectivity index (χ1) is 18.8. The number of halogens is 4. The molecule has 0 spiro atoms. The molecule has 208 valence electrons. The van der Waals surface area contributed by atoms with Crippen LogP contribution in [0.15, 0.2) is 36.9 Å². The fraction of sp³-hybridized carbons (Fsp3) is 0.500. The number of imidazole rings is 1. The lowest BCUT2D eigenvalue weighted by Crippen LogP contribution is -2.37. The second-order valence-corrected chi connectivity index (χ2v) is 11.7. The maximum absolute atomic E-state index is 13.9. The average Bonchev–Trinajstić information content (AvgIpc) is 3.59. The largest absolute Gasteiger partial charge is 0.420 e. The van der Waals surface area contributed by atoms with Gasteiger partial charge in [0, 0.05) is 56.2 Å². The van der Waals surface area contributed by atoms with Gasteiger partial charge in [0.25, 0.3) is 0 Å². The molecule has 2 N–H and O–H groups in total. The van der Waals surface area contributed by atoms with E-state index in [2.05, 4.69) is 34.2 Å². The summed E-state index contributed by atoms with van der Waals surface area (Å²) in [4.78, 5) is 14.9. The van der Waals surface area contributed by atoms with Crippen molar-refractivity contribution in [1.82, 2.24) is 33.4 Å². The Labute approximate surface area is 234 Å². The van der Waals surface area contributed by atoms with Crippen molar-refractivity contribution in [2.75, 3.05) is 31.5 Å². The summed E-state index contributed by atoms with van der Waals surface area (Å²) < 4.78 is 49.1. The van der Waals surface area contributed by atoms with E-state index in [-0.39, 0.29) is 23.4 Å². The van der Waals surface area contributed by atoms with Crippen molar-refractivity contribution in [3.63, 3.8) is 0 Å². The molecule has 39 heavy (non-hydrogen) atoms. The number of likely N-dealkylation sites (tertiary alicyclic amines) is 1. The van der Waals surface area contributed by atoms with Crippen LogP contribution < -0.4 is 10.0 Å². The third-order valence-corrected chi connectivity index (χ3v) is 8.64. The van der Waals surface area contributed by atoms with Crippen LogP contribution in [0.25, 0.3) is 17.1 Å². The fourth-order valence-corrected chi connectivity index (χ4v) is 5.94. The molecule has 3 aromatic rings. The van der Waals surface area contributed by atoms with Gasteiger partial charge >= 0.3 is 6.18 Å². The van der Waals surface area contributed by atoms with E-state index in [1.807, 2.05) is 18.2 Å². The molecule has 0 bridgehead atoms. The fourth-order valence-electron chi connectivity index (χ4n) is 4.71. The first-order valence-electron chi connectivity index (χ1n) is 13.3. The number of rotatable bonds is 9. The van der Waals surface area contributed by atoms with Crippen LogP contribution in [0.2, 0.25) is 5.02 Å². The highest BCUT2D eigenvalue weighted by atomic mass is 35.5. The van der Waals surface area contributed by atoms with Crippen LogP contribution in [0.4, 0.5) is 19.1 Å². The maximum atomic E-state index is 13.9. The predicted octanol–water partition coefficient (Wildman–Crippen LogP) is 5.40. The molecule has 13 heteroatoms. The zero-order valence-electron chi connectivity index (χ0n) is 21.3. The lowest BCUT2D eigenvalue weighted by Gasteiger charge is -2.31. The van der Waals surface area contributed by atoms with Gasteiger partial charge in [-0.2, -0.15) is 13.2 Å². The smallest absolute Gasteiger partial charge is 0.351 e. The summed E-state index contributed by atoms with van der Waals surface area (Å²) in [5, 5.41) is 3.75. The van der Waals surface area contributed by atoms with Crippen LogP contribution >= 0.6 is 23.7 Å². The highest BCUT2D eigenvalue weighted by molar-refractivity contribution is 7.95. The number of hydrogen-bond donors (Lipinski definition) is 2. The number of nitrogens with one attached hydrogen (secondary N) is 2. The van der Waals surface area contributed by atoms with E-state index < -0.39 is 11.7 Å². The van der Waals surface area contributed by atoms with E-state index >= 15 is 0 Å². The van der Waals surface area contributed by atoms with E-state index in [4.69, 9.17) is 11.6 Å². The molecular formula is C26H30ClF3N8S. The van der Waals surface area contributed by atoms with Gasteiger partial charge in [0.05, 0.1) is 10.7 Å². The molecule has 1 aromatic carbocycles. The number of nitrogens with zero attached hydrogens (tertiary/aromatic N) is 6. The maximum Gasteiger partial charge on any atom is 0.420 e. The zero-order valence-corrected chi connectivity index (χ0v) is 22.9. The second kappa shape index (κ2) is 11.2. The van der Waals surface area contributed by atoms with Gasteiger partial charge in [-0.15, -0.1) is 0 Å². The SMILES string of the molecule is FC(F)(F)c1cnc(NC2CCN(SNC3CC3)CC2)nc1-c1cn(-c2ccc(CN3CCC3)cc2Cl)cn1. The van der Waals surface area contributed by atoms with Crippen molar-refractivity contribution >= 4 is 29.7 Å². The number of piperidine rings is 1. The van der Waals surface area contributed by atoms with Gasteiger partial charge in [0.2, 0.25) is 5.95 Å². The van der Waals surface area contributed by atoms with Crippen LogP contribution in [0.3, 0.4) is 0 Å². The van der Waals surface area contributed by atoms with E-state index in [1.54, 1.807) is 16.7 Å². The number of aromatic nitrogens is 4. The molecule has 2 aliphatic heterocycles. The first-order valence-corrected chi connectivity index (χ1v) is 14.4. The van der Waals surface area contributed by atoms with E-state index in [9.17, 15) is 13.2 Å². The van der Waals surface area contributed by atoms with E-state index in [0.29, 0.717) is 16.8 Å². The predicted molar refractivity (Wildman–Crippen MR) is 146 cm³/mol. The Balaban J connectivity index is 1.18. The summed E-state index contributed by atoms with van der Waals surface area (Å²) in [6.07, 6.45) is 4.57. The molecule has 2 aromatic heterocycles. The molecule has 1 saturated carbocycles. The Bertz CT molecular complexity index is 1300. The lowest BCUT2D eigenvalue weighted by atomic mass is 10.1. The van der Waals surface area contributed by atoms with Crippen LogP contribution in [0, 0.1) is 0 Å². The Kier molecular flexibility index (Phi) is 7.73. The topological polar surface area (TPSA) is 74.1 Å². The molecule has 6 rings (SSSR count). The Morgan fingerprint density at radius 1 is 1.03 bits per heavy atom. The Morgan fingerprint density at radius 3 is 2.49 bits per heavy atom. The molecule has 0 atom stereocenters. The molecule has 0 amide bonds. The van der Waals surface area contributed by atoms with Gasteiger partial charge < -0.3 is 9.88 Å². The third kappa shape index (κ3) is 6.51. The molecule has 0 radical (unpaired) electrons. The van der Waals surface area contributed by atoms with Crippen molar-refractivity contribution in [1.29, 1.82) is 0 Å². The van der Waals surface area contributed by atoms with Crippen LogP contribution in [0.5, 0.6) is 0 Å². The number of alkyl halides is 3. The molecule has 4 heterocycles. The van der Waals surface area contributed by atoms with E-state index in [0.717, 1.165) is 57.3 Å². The highest BCUT2D eigenvalue weighted by Crippen LogP contribution is 2.36. The summed E-state index contributed by atoms with van der Waals surface area (Å²) in [5.41, 5.74) is 0.659. The van der Waals surface area contributed by atoms with Gasteiger partial charge in [0.15, 0.2) is 0 Å². The molecule has 3 aliphatic rings. The van der Waals surface area contributed by atoms with Crippen molar-refractivity contribution in [3.8, 4) is 17.1 Å². The van der Waals surface area contributed by atoms with Gasteiger partial charge in [-0.1, -0.05) is 17.7 Å². The number of anilines is 1. The summed E-state index contributed by atoms with van der Waals surface area (Å²) in [6.45, 7) is 4.74. The van der Waals surface area contributed by atoms with Crippen molar-refractivity contribution < 1.29 is 13.2 Å². The molecular weight excluding hydrogens is 549 g/mol. The third-order valence-electron chi connectivity index (χ3n) is 7.28. The standard InChI is InChI=1S/C26H30ClF3N8S/c27-21-12-17(14-36-8-1-9-36)2-5-23(21)37-15-22(32-16-37)24-20(26(28,29)30)13-31-25(34-24)33-18-6-10-38(11-7-18)39-35-19-3-4-19/h2,5,12-13,15-16,18-19,35H,1,3-4,6-11,14H2,(H,31,33,34). The van der Waals surface area contributed by atoms with Crippen molar-refractivity contribution in [3.05, 3.63) is 53.1 Å². The minimum Gasteiger partial charge on any atom is -0.351 e. The minimum absolute atomic E-state index is 0.0819. The van der Waals surface area contributed by atoms with Crippen LogP contribution in [-0.4, -0.2) is 67.0 Å². The Hall–Kier alpha value is -2.38. The second-order valence-electron chi connectivity index (χ2n) is 10.4. The first kappa shape index (κ1) is 26.8. The minimum atomic E-state index is -4.62. The molecule has 3 fully saturated rings. The van der Waals surface area contributed by atoms with Crippen LogP contribution in [0.1, 0.15) is 43.2 Å². The summed E-state index contributed by atoms with van der Waals surface area (Å²) in [6, 6.07) is 6.45. The highest BCUT2D eigenvalue weighted by Gasteiger charge is 2.36. The number of benzene rings is 1. The van der Waals surface area contributed by atoms with Gasteiger partial charge in [-0.05, 0) is 62.9 Å². The van der Waals surface area contributed by atoms with Crippen LogP contribution in [-0.2, 0) is 12.7 Å². The summed E-state index contributed by atoms with van der Waals surface area (Å²) >= 11 is 8.22. The van der Waals surface area contributed by atoms with Gasteiger partial charge in [-0.25, -0.2) is 24.0 Å². The monoisotopic (exact) mass is 578 g/mol. The summed E-state index contributed by atoms with van der Waals surface area (Å²) in [7, 11) is 0. The normalized spacial score (nSPS) is 19.3. The van der Waals surface area contributed by atoms with Crippen molar-refractivity contribution in [2.24, 2.45) is 0 Å². The average molecular weight is 579 g/mol. The molecule has 8 nitrogen and oxygen atoms in total. The van der Waals surface area contributed by atoms with Crippen molar-refractivity contribution in [2.45, 2.75) is 56.9 Å². The quantitative estimate of drug-likeness (QED) is 0.327. The number of hydrogen-bond acceptors (Lipinski definition) is 8. The molecule has 2 saturated heterocycles. The van der Waals surface area contributed by atoms with Gasteiger partial charge in [0.1, 0.15) is 23.3 Å². The van der Waals surface area contributed by atoms with E-state index in [1.165, 1.54) is 31.8 Å². The van der Waals surface area contributed by atoms with Gasteiger partial charge in [-0.3, -0.25) is 4.90 Å².